The molecule has 176 valence electrons. The van der Waals surface area contributed by atoms with Gasteiger partial charge in [0.15, 0.2) is 0 Å². The van der Waals surface area contributed by atoms with Crippen molar-refractivity contribution >= 4 is 29.3 Å². The van der Waals surface area contributed by atoms with E-state index >= 15 is 0 Å². The van der Waals surface area contributed by atoms with Gasteiger partial charge in [0.2, 0.25) is 5.91 Å². The Morgan fingerprint density at radius 2 is 1.62 bits per heavy atom. The highest BCUT2D eigenvalue weighted by molar-refractivity contribution is 7.09. The van der Waals surface area contributed by atoms with Crippen LogP contribution in [-0.2, 0) is 20.7 Å². The lowest BCUT2D eigenvalue weighted by Crippen LogP contribution is -2.50. The molecule has 0 aliphatic heterocycles. The summed E-state index contributed by atoms with van der Waals surface area (Å²) in [4.78, 5) is 37.7. The number of hydrogen-bond donors (Lipinski definition) is 3. The maximum absolute atomic E-state index is 12.7. The SMILES string of the molecule is CC(Cc1cccs1)NC(=O)C(CC(=O)O)NC(=O)OCC1c2ccccc2-c2ccccc21. The zero-order valence-electron chi connectivity index (χ0n) is 18.7. The van der Waals surface area contributed by atoms with Gasteiger partial charge in [0.05, 0.1) is 6.42 Å². The van der Waals surface area contributed by atoms with Crippen molar-refractivity contribution in [3.05, 3.63) is 82.0 Å². The van der Waals surface area contributed by atoms with Crippen molar-refractivity contribution < 1.29 is 24.2 Å². The minimum absolute atomic E-state index is 0.0794. The Morgan fingerprint density at radius 1 is 0.971 bits per heavy atom. The van der Waals surface area contributed by atoms with E-state index in [0.29, 0.717) is 6.42 Å². The molecule has 1 heterocycles. The third kappa shape index (κ3) is 5.46. The molecule has 0 radical (unpaired) electrons. The number of alkyl carbamates (subject to hydrolysis) is 1. The van der Waals surface area contributed by atoms with Crippen LogP contribution in [0.4, 0.5) is 4.79 Å². The highest BCUT2D eigenvalue weighted by Gasteiger charge is 2.30. The quantitative estimate of drug-likeness (QED) is 0.428. The highest BCUT2D eigenvalue weighted by atomic mass is 32.1. The molecule has 4 rings (SSSR count). The zero-order valence-corrected chi connectivity index (χ0v) is 19.5. The van der Waals surface area contributed by atoms with Crippen molar-refractivity contribution in [2.24, 2.45) is 0 Å². The molecule has 0 saturated heterocycles. The molecule has 2 unspecified atom stereocenters. The van der Waals surface area contributed by atoms with Crippen LogP contribution in [0.15, 0.2) is 66.0 Å². The van der Waals surface area contributed by atoms with Crippen LogP contribution in [-0.4, -0.2) is 41.8 Å². The van der Waals surface area contributed by atoms with Gasteiger partial charge in [0.25, 0.3) is 0 Å². The van der Waals surface area contributed by atoms with Crippen LogP contribution in [0.1, 0.15) is 35.3 Å². The Balaban J connectivity index is 1.38. The number of rotatable bonds is 9. The lowest BCUT2D eigenvalue weighted by Gasteiger charge is -2.21. The first-order valence-corrected chi connectivity index (χ1v) is 12.0. The summed E-state index contributed by atoms with van der Waals surface area (Å²) >= 11 is 1.58. The van der Waals surface area contributed by atoms with E-state index in [1.165, 1.54) is 0 Å². The minimum Gasteiger partial charge on any atom is -0.481 e. The molecule has 2 aromatic carbocycles. The summed E-state index contributed by atoms with van der Waals surface area (Å²) in [7, 11) is 0. The first-order chi connectivity index (χ1) is 16.4. The van der Waals surface area contributed by atoms with Gasteiger partial charge in [-0.05, 0) is 40.6 Å². The number of carboxylic acid groups (broad SMARTS) is 1. The number of carbonyl (C=O) groups excluding carboxylic acids is 2. The van der Waals surface area contributed by atoms with Crippen molar-refractivity contribution in [3.8, 4) is 11.1 Å². The molecule has 3 aromatic rings. The van der Waals surface area contributed by atoms with E-state index in [1.54, 1.807) is 11.3 Å². The summed E-state index contributed by atoms with van der Waals surface area (Å²) < 4.78 is 5.47. The summed E-state index contributed by atoms with van der Waals surface area (Å²) in [5, 5.41) is 16.4. The van der Waals surface area contributed by atoms with Gasteiger partial charge in [0, 0.05) is 23.3 Å². The Morgan fingerprint density at radius 3 is 2.21 bits per heavy atom. The number of ether oxygens (including phenoxy) is 1. The number of hydrogen-bond acceptors (Lipinski definition) is 5. The molecule has 1 aromatic heterocycles. The van der Waals surface area contributed by atoms with Crippen LogP contribution in [0.25, 0.3) is 11.1 Å². The molecule has 3 N–H and O–H groups in total. The van der Waals surface area contributed by atoms with Gasteiger partial charge in [-0.15, -0.1) is 11.3 Å². The number of carboxylic acids is 1. The summed E-state index contributed by atoms with van der Waals surface area (Å²) in [6.45, 7) is 1.92. The van der Waals surface area contributed by atoms with Gasteiger partial charge < -0.3 is 20.5 Å². The second-order valence-electron chi connectivity index (χ2n) is 8.31. The molecule has 1 aliphatic rings. The smallest absolute Gasteiger partial charge is 0.407 e. The fraction of sp³-hybridized carbons (Fsp3) is 0.269. The van der Waals surface area contributed by atoms with Crippen molar-refractivity contribution in [1.29, 1.82) is 0 Å². The van der Waals surface area contributed by atoms with Crippen molar-refractivity contribution in [2.75, 3.05) is 6.61 Å². The Bertz CT molecular complexity index is 1130. The van der Waals surface area contributed by atoms with Gasteiger partial charge in [-0.25, -0.2) is 4.79 Å². The maximum Gasteiger partial charge on any atom is 0.407 e. The monoisotopic (exact) mass is 478 g/mol. The predicted molar refractivity (Wildman–Crippen MR) is 130 cm³/mol. The standard InChI is InChI=1S/C26H26N2O5S/c1-16(13-17-7-6-12-34-17)27-25(31)23(14-24(29)30)28-26(32)33-15-22-20-10-4-2-8-18(20)19-9-3-5-11-21(19)22/h2-12,16,22-23H,13-15H2,1H3,(H,27,31)(H,28,32)(H,29,30). The molecule has 0 saturated carbocycles. The van der Waals surface area contributed by atoms with E-state index in [4.69, 9.17) is 4.74 Å². The average Bonchev–Trinajstić information content (AvgIpc) is 3.43. The van der Waals surface area contributed by atoms with E-state index in [-0.39, 0.29) is 18.6 Å². The highest BCUT2D eigenvalue weighted by Crippen LogP contribution is 2.44. The molecular weight excluding hydrogens is 452 g/mol. The van der Waals surface area contributed by atoms with Crippen molar-refractivity contribution in [1.82, 2.24) is 10.6 Å². The van der Waals surface area contributed by atoms with E-state index in [2.05, 4.69) is 10.6 Å². The summed E-state index contributed by atoms with van der Waals surface area (Å²) in [6.07, 6.45) is -0.746. The van der Waals surface area contributed by atoms with E-state index in [9.17, 15) is 19.5 Å². The molecule has 7 nitrogen and oxygen atoms in total. The second kappa shape index (κ2) is 10.5. The van der Waals surface area contributed by atoms with Gasteiger partial charge in [-0.2, -0.15) is 0 Å². The maximum atomic E-state index is 12.7. The second-order valence-corrected chi connectivity index (χ2v) is 9.35. The molecule has 1 aliphatic carbocycles. The Labute approximate surface area is 201 Å². The number of thiophene rings is 1. The van der Waals surface area contributed by atoms with Gasteiger partial charge >= 0.3 is 12.1 Å². The fourth-order valence-electron chi connectivity index (χ4n) is 4.29. The van der Waals surface area contributed by atoms with Gasteiger partial charge in [-0.3, -0.25) is 9.59 Å². The Kier molecular flexibility index (Phi) is 7.27. The molecule has 2 amide bonds. The lowest BCUT2D eigenvalue weighted by molar-refractivity contribution is -0.140. The Hall–Kier alpha value is -3.65. The van der Waals surface area contributed by atoms with Gasteiger partial charge in [0.1, 0.15) is 12.6 Å². The molecule has 0 bridgehead atoms. The topological polar surface area (TPSA) is 105 Å². The lowest BCUT2D eigenvalue weighted by atomic mass is 9.98. The molecule has 2 atom stereocenters. The van der Waals surface area contributed by atoms with Crippen molar-refractivity contribution in [2.45, 2.75) is 37.8 Å². The fourth-order valence-corrected chi connectivity index (χ4v) is 5.13. The third-order valence-electron chi connectivity index (χ3n) is 5.81. The number of fused-ring (bicyclic) bond motifs is 3. The van der Waals surface area contributed by atoms with Crippen LogP contribution in [0.3, 0.4) is 0 Å². The predicted octanol–water partition coefficient (Wildman–Crippen LogP) is 4.18. The normalized spacial score (nSPS) is 13.9. The molecule has 34 heavy (non-hydrogen) atoms. The van der Waals surface area contributed by atoms with E-state index in [1.807, 2.05) is 73.0 Å². The van der Waals surface area contributed by atoms with Gasteiger partial charge in [-0.1, -0.05) is 54.6 Å². The number of benzene rings is 2. The molecule has 8 heteroatoms. The van der Waals surface area contributed by atoms with Crippen LogP contribution in [0, 0.1) is 0 Å². The summed E-state index contributed by atoms with van der Waals surface area (Å²) in [5.41, 5.74) is 4.35. The van der Waals surface area contributed by atoms with Crippen molar-refractivity contribution in [3.63, 3.8) is 0 Å². The average molecular weight is 479 g/mol. The number of amides is 2. The minimum atomic E-state index is -1.24. The van der Waals surface area contributed by atoms with E-state index in [0.717, 1.165) is 27.1 Å². The number of nitrogens with one attached hydrogen (secondary N) is 2. The van der Waals surface area contributed by atoms with Crippen LogP contribution < -0.4 is 10.6 Å². The summed E-state index contributed by atoms with van der Waals surface area (Å²) in [6, 6.07) is 18.4. The molecule has 0 spiro atoms. The number of carbonyl (C=O) groups is 3. The summed E-state index contributed by atoms with van der Waals surface area (Å²) in [5.74, 6) is -1.87. The molecule has 0 fully saturated rings. The van der Waals surface area contributed by atoms with Crippen LogP contribution in [0.5, 0.6) is 0 Å². The van der Waals surface area contributed by atoms with Crippen LogP contribution in [0.2, 0.25) is 0 Å². The van der Waals surface area contributed by atoms with E-state index < -0.39 is 30.4 Å². The first-order valence-electron chi connectivity index (χ1n) is 11.1. The number of aliphatic carboxylic acids is 1. The molecular formula is C26H26N2O5S. The first kappa shape index (κ1) is 23.5. The largest absolute Gasteiger partial charge is 0.481 e. The third-order valence-corrected chi connectivity index (χ3v) is 6.71. The zero-order chi connectivity index (χ0) is 24.1. The van der Waals surface area contributed by atoms with Crippen LogP contribution >= 0.6 is 11.3 Å².